The molecule has 0 aromatic heterocycles. The Kier molecular flexibility index (Phi) is 17.3. The molecule has 7 N–H and O–H groups in total. The Morgan fingerprint density at radius 3 is 1.17 bits per heavy atom. The molecule has 3 atom stereocenters. The molecule has 0 rings (SSSR count). The van der Waals surface area contributed by atoms with Crippen molar-refractivity contribution in [1.29, 1.82) is 0 Å². The van der Waals surface area contributed by atoms with Gasteiger partial charge < -0.3 is 35.7 Å². The number of carboxylic acids is 2. The zero-order chi connectivity index (χ0) is 19.0. The molecule has 24 heavy (non-hydrogen) atoms. The third kappa shape index (κ3) is 17.1. The molecule has 0 aliphatic carbocycles. The molecule has 0 aromatic carbocycles. The van der Waals surface area contributed by atoms with E-state index >= 15 is 0 Å². The van der Waals surface area contributed by atoms with Gasteiger partial charge in [-0.2, -0.15) is 0 Å². The Morgan fingerprint density at radius 2 is 0.917 bits per heavy atom. The van der Waals surface area contributed by atoms with Crippen molar-refractivity contribution in [2.45, 2.75) is 69.7 Å². The molecule has 0 fully saturated rings. The van der Waals surface area contributed by atoms with Gasteiger partial charge in [-0.25, -0.2) is 0 Å². The number of carboxylic acid groups (broad SMARTS) is 2. The lowest BCUT2D eigenvalue weighted by Crippen LogP contribution is -2.41. The molecule has 0 bridgehead atoms. The van der Waals surface area contributed by atoms with Gasteiger partial charge in [0.05, 0.1) is 13.2 Å². The van der Waals surface area contributed by atoms with Crippen LogP contribution in [0, 0.1) is 0 Å². The highest BCUT2D eigenvalue weighted by Crippen LogP contribution is 2.08. The molecule has 0 spiro atoms. The quantitative estimate of drug-likeness (QED) is 0.211. The molecule has 144 valence electrons. The van der Waals surface area contributed by atoms with Crippen LogP contribution < -0.4 is 0 Å². The Hall–Kier alpha value is -1.26. The van der Waals surface area contributed by atoms with Gasteiger partial charge in [-0.15, -0.1) is 0 Å². The van der Waals surface area contributed by atoms with E-state index in [1.54, 1.807) is 0 Å². The zero-order valence-electron chi connectivity index (χ0n) is 13.8. The normalized spacial score (nSPS) is 14.2. The number of hydrogen-bond acceptors (Lipinski definition) is 7. The van der Waals surface area contributed by atoms with Crippen molar-refractivity contribution < 1.29 is 45.3 Å². The van der Waals surface area contributed by atoms with Crippen molar-refractivity contribution in [3.63, 3.8) is 0 Å². The van der Waals surface area contributed by atoms with Gasteiger partial charge in [0, 0.05) is 12.8 Å². The van der Waals surface area contributed by atoms with E-state index in [1.807, 2.05) is 0 Å². The van der Waals surface area contributed by atoms with Crippen LogP contribution in [0.3, 0.4) is 0 Å². The molecule has 0 aromatic rings. The predicted molar refractivity (Wildman–Crippen MR) is 84.4 cm³/mol. The van der Waals surface area contributed by atoms with Crippen molar-refractivity contribution in [1.82, 2.24) is 0 Å². The molecular formula is C15H30O9. The Morgan fingerprint density at radius 1 is 0.625 bits per heavy atom. The summed E-state index contributed by atoms with van der Waals surface area (Å²) in [6.07, 6.45) is 1.53. The molecule has 9 nitrogen and oxygen atoms in total. The second kappa shape index (κ2) is 16.6. The molecule has 1 unspecified atom stereocenters. The minimum Gasteiger partial charge on any atom is -0.481 e. The maximum atomic E-state index is 10.1. The molecule has 0 saturated heterocycles. The van der Waals surface area contributed by atoms with Crippen LogP contribution in [0.5, 0.6) is 0 Å². The molecular weight excluding hydrogens is 324 g/mol. The summed E-state index contributed by atoms with van der Waals surface area (Å²) >= 11 is 0. The lowest BCUT2D eigenvalue weighted by molar-refractivity contribution is -0.138. The highest BCUT2D eigenvalue weighted by molar-refractivity contribution is 5.66. The average Bonchev–Trinajstić information content (AvgIpc) is 2.55. The number of unbranched alkanes of at least 4 members (excludes halogenated alkanes) is 5. The summed E-state index contributed by atoms with van der Waals surface area (Å²) in [5, 5.41) is 59.3. The van der Waals surface area contributed by atoms with Gasteiger partial charge >= 0.3 is 11.9 Å². The van der Waals surface area contributed by atoms with Gasteiger partial charge in [-0.3, -0.25) is 9.59 Å². The van der Waals surface area contributed by atoms with Gasteiger partial charge in [0.15, 0.2) is 0 Å². The summed E-state index contributed by atoms with van der Waals surface area (Å²) in [5.74, 6) is -1.48. The smallest absolute Gasteiger partial charge is 0.303 e. The number of carbonyl (C=O) groups is 2. The van der Waals surface area contributed by atoms with E-state index in [4.69, 9.17) is 35.7 Å². The Balaban J connectivity index is 0. The summed E-state index contributed by atoms with van der Waals surface area (Å²) in [7, 11) is 0. The topological polar surface area (TPSA) is 176 Å². The van der Waals surface area contributed by atoms with Gasteiger partial charge in [0.1, 0.15) is 18.3 Å². The highest BCUT2D eigenvalue weighted by Gasteiger charge is 2.22. The van der Waals surface area contributed by atoms with E-state index < -0.39 is 43.5 Å². The first-order valence-electron chi connectivity index (χ1n) is 7.95. The standard InChI is InChI=1S/C10H18O4.C5H12O5/c11-9(12)7-5-3-1-2-4-6-8-10(13)14;6-1-3(8)5(10)4(9)2-7/h1-8H2,(H,11,12)(H,13,14);3-10H,1-2H2/t;3-,4+,5?. The lowest BCUT2D eigenvalue weighted by atomic mass is 10.1. The third-order valence-corrected chi connectivity index (χ3v) is 3.19. The molecule has 0 amide bonds. The first-order chi connectivity index (χ1) is 11.3. The second-order valence-electron chi connectivity index (χ2n) is 5.40. The van der Waals surface area contributed by atoms with Crippen LogP contribution >= 0.6 is 0 Å². The minimum atomic E-state index is -1.49. The molecule has 0 aliphatic rings. The van der Waals surface area contributed by atoms with E-state index in [2.05, 4.69) is 0 Å². The maximum absolute atomic E-state index is 10.1. The largest absolute Gasteiger partial charge is 0.481 e. The van der Waals surface area contributed by atoms with Crippen LogP contribution in [0.1, 0.15) is 51.4 Å². The van der Waals surface area contributed by atoms with Crippen molar-refractivity contribution in [3.8, 4) is 0 Å². The molecule has 0 heterocycles. The minimum absolute atomic E-state index is 0.245. The SMILES string of the molecule is O=C(O)CCCCCCCCC(=O)O.OC[C@@H](O)C(O)[C@@H](O)CO. The van der Waals surface area contributed by atoms with Crippen LogP contribution in [-0.2, 0) is 9.59 Å². The summed E-state index contributed by atoms with van der Waals surface area (Å²) in [4.78, 5) is 20.3. The van der Waals surface area contributed by atoms with Crippen LogP contribution in [0.25, 0.3) is 0 Å². The van der Waals surface area contributed by atoms with Crippen LogP contribution in [0.2, 0.25) is 0 Å². The molecule has 0 aliphatic heterocycles. The van der Waals surface area contributed by atoms with Crippen LogP contribution in [0.15, 0.2) is 0 Å². The molecule has 0 radical (unpaired) electrons. The van der Waals surface area contributed by atoms with Crippen molar-refractivity contribution in [2.75, 3.05) is 13.2 Å². The van der Waals surface area contributed by atoms with E-state index in [9.17, 15) is 9.59 Å². The van der Waals surface area contributed by atoms with Gasteiger partial charge in [-0.05, 0) is 12.8 Å². The van der Waals surface area contributed by atoms with Crippen molar-refractivity contribution in [2.24, 2.45) is 0 Å². The molecule has 0 saturated carbocycles. The Labute approximate surface area is 141 Å². The fourth-order valence-electron chi connectivity index (χ4n) is 1.73. The van der Waals surface area contributed by atoms with Gasteiger partial charge in [-0.1, -0.05) is 25.7 Å². The third-order valence-electron chi connectivity index (χ3n) is 3.19. The lowest BCUT2D eigenvalue weighted by Gasteiger charge is -2.19. The first-order valence-corrected chi connectivity index (χ1v) is 7.95. The number of hydrogen-bond donors (Lipinski definition) is 7. The summed E-state index contributed by atoms with van der Waals surface area (Å²) in [6, 6.07) is 0. The zero-order valence-corrected chi connectivity index (χ0v) is 13.8. The van der Waals surface area contributed by atoms with Crippen molar-refractivity contribution >= 4 is 11.9 Å². The predicted octanol–water partition coefficient (Wildman–Crippen LogP) is -0.670. The van der Waals surface area contributed by atoms with Crippen molar-refractivity contribution in [3.05, 3.63) is 0 Å². The summed E-state index contributed by atoms with van der Waals surface area (Å²) in [5.41, 5.74) is 0. The van der Waals surface area contributed by atoms with Gasteiger partial charge in [0.2, 0.25) is 0 Å². The average molecular weight is 354 g/mol. The summed E-state index contributed by atoms with van der Waals surface area (Å²) in [6.45, 7) is -1.28. The van der Waals surface area contributed by atoms with E-state index in [1.165, 1.54) is 0 Å². The van der Waals surface area contributed by atoms with Gasteiger partial charge in [0.25, 0.3) is 0 Å². The summed E-state index contributed by atoms with van der Waals surface area (Å²) < 4.78 is 0. The monoisotopic (exact) mass is 354 g/mol. The Bertz CT molecular complexity index is 292. The maximum Gasteiger partial charge on any atom is 0.303 e. The second-order valence-corrected chi connectivity index (χ2v) is 5.40. The fraction of sp³-hybridized carbons (Fsp3) is 0.867. The van der Waals surface area contributed by atoms with Crippen LogP contribution in [0.4, 0.5) is 0 Å². The molecule has 9 heteroatoms. The number of rotatable bonds is 13. The first kappa shape index (κ1) is 25.0. The fourth-order valence-corrected chi connectivity index (χ4v) is 1.73. The highest BCUT2D eigenvalue weighted by atomic mass is 16.4. The number of aliphatic hydroxyl groups is 5. The van der Waals surface area contributed by atoms with Crippen LogP contribution in [-0.4, -0.2) is 79.2 Å². The number of aliphatic hydroxyl groups excluding tert-OH is 5. The van der Waals surface area contributed by atoms with E-state index in [0.29, 0.717) is 0 Å². The number of aliphatic carboxylic acids is 2. The van der Waals surface area contributed by atoms with E-state index in [-0.39, 0.29) is 12.8 Å². The van der Waals surface area contributed by atoms with E-state index in [0.717, 1.165) is 38.5 Å².